The second kappa shape index (κ2) is 9.78. The number of benzene rings is 4. The largest absolute Gasteiger partial charge is 0.493 e. The van der Waals surface area contributed by atoms with Crippen LogP contribution >= 0.6 is 23.2 Å². The third-order valence-corrected chi connectivity index (χ3v) is 6.16. The first-order valence-electron chi connectivity index (χ1n) is 10.8. The van der Waals surface area contributed by atoms with Gasteiger partial charge in [0.05, 0.1) is 17.1 Å². The van der Waals surface area contributed by atoms with E-state index in [0.717, 1.165) is 21.9 Å². The minimum absolute atomic E-state index is 0.0719. The van der Waals surface area contributed by atoms with Crippen LogP contribution in [0.2, 0.25) is 10.0 Å². The van der Waals surface area contributed by atoms with E-state index in [1.54, 1.807) is 16.7 Å². The van der Waals surface area contributed by atoms with E-state index in [1.807, 2.05) is 48.5 Å². The molecule has 0 spiro atoms. The van der Waals surface area contributed by atoms with Crippen molar-refractivity contribution in [3.63, 3.8) is 0 Å². The van der Waals surface area contributed by atoms with Gasteiger partial charge in [0.25, 0.3) is 0 Å². The highest BCUT2D eigenvalue weighted by Crippen LogP contribution is 2.39. The maximum Gasteiger partial charge on any atom is 0.302 e. The molecule has 0 unspecified atom stereocenters. The molecular weight excluding hydrogens is 485 g/mol. The number of aromatic hydroxyl groups is 1. The minimum atomic E-state index is -0.624. The van der Waals surface area contributed by atoms with Gasteiger partial charge in [-0.15, -0.1) is 10.2 Å². The first-order valence-corrected chi connectivity index (χ1v) is 11.6. The summed E-state index contributed by atoms with van der Waals surface area (Å²) >= 11 is 11.9. The van der Waals surface area contributed by atoms with Crippen LogP contribution in [-0.4, -0.2) is 22.2 Å². The van der Waals surface area contributed by atoms with Gasteiger partial charge in [-0.25, -0.2) is 0 Å². The molecule has 0 bridgehead atoms. The zero-order valence-corrected chi connectivity index (χ0v) is 19.9. The molecule has 0 radical (unpaired) electrons. The summed E-state index contributed by atoms with van der Waals surface area (Å²) in [7, 11) is 0. The smallest absolute Gasteiger partial charge is 0.302 e. The molecule has 1 N–H and O–H groups in total. The fraction of sp³-hybridized carbons (Fsp3) is 0.0741. The Morgan fingerprint density at radius 3 is 2.49 bits per heavy atom. The van der Waals surface area contributed by atoms with Crippen molar-refractivity contribution < 1.29 is 14.6 Å². The molecule has 8 heteroatoms. The molecule has 0 saturated heterocycles. The molecule has 4 aromatic carbocycles. The summed E-state index contributed by atoms with van der Waals surface area (Å²) in [6.45, 7) is 0.0651. The van der Waals surface area contributed by atoms with E-state index in [4.69, 9.17) is 27.9 Å². The van der Waals surface area contributed by atoms with Crippen molar-refractivity contribution in [2.75, 3.05) is 6.61 Å². The van der Waals surface area contributed by atoms with Gasteiger partial charge < -0.3 is 14.4 Å². The van der Waals surface area contributed by atoms with Crippen LogP contribution in [0.15, 0.2) is 95.2 Å². The number of azo groups is 1. The molecule has 0 aliphatic carbocycles. The van der Waals surface area contributed by atoms with Crippen LogP contribution in [0.5, 0.6) is 11.6 Å². The number of hydrogen-bond donors (Lipinski definition) is 1. The van der Waals surface area contributed by atoms with E-state index >= 15 is 0 Å². The first kappa shape index (κ1) is 22.9. The number of nitrogens with zero attached hydrogens (tertiary/aromatic N) is 3. The lowest BCUT2D eigenvalue weighted by atomic mass is 10.0. The molecule has 0 atom stereocenters. The third-order valence-electron chi connectivity index (χ3n) is 5.63. The molecular formula is C27H19Cl2N3O3. The number of hydrogen-bond acceptors (Lipinski definition) is 4. The molecule has 1 heterocycles. The van der Waals surface area contributed by atoms with E-state index in [1.165, 1.54) is 6.07 Å². The van der Waals surface area contributed by atoms with Crippen molar-refractivity contribution in [2.24, 2.45) is 10.2 Å². The lowest BCUT2D eigenvalue weighted by Crippen LogP contribution is -2.08. The van der Waals surface area contributed by atoms with Crippen molar-refractivity contribution in [1.29, 1.82) is 0 Å². The Labute approximate surface area is 211 Å². The number of carbonyl (C=O) groups excluding carboxylic acids is 1. The van der Waals surface area contributed by atoms with Gasteiger partial charge in [-0.2, -0.15) is 0 Å². The lowest BCUT2D eigenvalue weighted by Gasteiger charge is -2.10. The number of carbonyl (C=O) groups is 1. The summed E-state index contributed by atoms with van der Waals surface area (Å²) < 4.78 is 7.19. The molecule has 1 aromatic heterocycles. The van der Waals surface area contributed by atoms with Crippen molar-refractivity contribution >= 4 is 56.5 Å². The summed E-state index contributed by atoms with van der Waals surface area (Å²) in [5, 5.41) is 22.6. The highest BCUT2D eigenvalue weighted by molar-refractivity contribution is 6.35. The van der Waals surface area contributed by atoms with Gasteiger partial charge >= 0.3 is 5.91 Å². The Morgan fingerprint density at radius 2 is 1.66 bits per heavy atom. The SMILES string of the molecule is O=C(COc1ccc(Cl)cc1Cl)N=Nc1c(O)n(Cc2cccc3ccccc23)c2ccccc12. The summed E-state index contributed by atoms with van der Waals surface area (Å²) in [5.74, 6) is -0.382. The zero-order chi connectivity index (χ0) is 24.4. The van der Waals surface area contributed by atoms with Crippen LogP contribution in [0.25, 0.3) is 21.7 Å². The van der Waals surface area contributed by atoms with Gasteiger partial charge in [0, 0.05) is 10.4 Å². The second-order valence-corrected chi connectivity index (χ2v) is 8.71. The quantitative estimate of drug-likeness (QED) is 0.243. The number of rotatable bonds is 6. The van der Waals surface area contributed by atoms with E-state index < -0.39 is 5.91 Å². The average Bonchev–Trinajstić information content (AvgIpc) is 3.13. The lowest BCUT2D eigenvalue weighted by molar-refractivity contribution is -0.120. The molecule has 35 heavy (non-hydrogen) atoms. The Morgan fingerprint density at radius 1 is 0.914 bits per heavy atom. The predicted octanol–water partition coefficient (Wildman–Crippen LogP) is 7.54. The summed E-state index contributed by atoms with van der Waals surface area (Å²) in [5.41, 5.74) is 2.05. The number of aromatic nitrogens is 1. The standard InChI is InChI=1S/C27H19Cl2N3O3/c28-19-12-13-24(22(29)14-19)35-16-25(33)30-31-26-21-10-3-4-11-23(21)32(27(26)34)15-18-8-5-7-17-6-1-2-9-20(17)18/h1-14,34H,15-16H2. The molecule has 1 amide bonds. The van der Waals surface area contributed by atoms with Gasteiger partial charge in [0.2, 0.25) is 5.88 Å². The van der Waals surface area contributed by atoms with Crippen LogP contribution < -0.4 is 4.74 Å². The third kappa shape index (κ3) is 4.71. The van der Waals surface area contributed by atoms with Gasteiger partial charge in [0.1, 0.15) is 5.75 Å². The maximum absolute atomic E-state index is 12.3. The molecule has 0 aliphatic rings. The fourth-order valence-electron chi connectivity index (χ4n) is 4.00. The maximum atomic E-state index is 12.3. The molecule has 6 nitrogen and oxygen atoms in total. The van der Waals surface area contributed by atoms with Crippen molar-refractivity contribution in [3.8, 4) is 11.6 Å². The molecule has 5 aromatic rings. The summed E-state index contributed by atoms with van der Waals surface area (Å²) in [6.07, 6.45) is 0. The van der Waals surface area contributed by atoms with Crippen molar-refractivity contribution in [1.82, 2.24) is 4.57 Å². The van der Waals surface area contributed by atoms with Crippen LogP contribution in [0.1, 0.15) is 5.56 Å². The Bertz CT molecular complexity index is 1590. The van der Waals surface area contributed by atoms with Crippen LogP contribution in [0.4, 0.5) is 5.69 Å². The van der Waals surface area contributed by atoms with Crippen LogP contribution in [-0.2, 0) is 11.3 Å². The highest BCUT2D eigenvalue weighted by Gasteiger charge is 2.18. The number of amides is 1. The zero-order valence-electron chi connectivity index (χ0n) is 18.4. The van der Waals surface area contributed by atoms with Crippen LogP contribution in [0.3, 0.4) is 0 Å². The fourth-order valence-corrected chi connectivity index (χ4v) is 4.46. The van der Waals surface area contributed by atoms with Crippen molar-refractivity contribution in [2.45, 2.75) is 6.54 Å². The average molecular weight is 504 g/mol. The summed E-state index contributed by atoms with van der Waals surface area (Å²) in [4.78, 5) is 12.3. The Kier molecular flexibility index (Phi) is 6.40. The molecule has 5 rings (SSSR count). The number of ether oxygens (including phenoxy) is 1. The normalized spacial score (nSPS) is 11.5. The van der Waals surface area contributed by atoms with E-state index in [-0.39, 0.29) is 23.2 Å². The molecule has 0 fully saturated rings. The Hall–Kier alpha value is -3.87. The minimum Gasteiger partial charge on any atom is -0.493 e. The van der Waals surface area contributed by atoms with Crippen LogP contribution in [0, 0.1) is 0 Å². The molecule has 0 aliphatic heterocycles. The number of fused-ring (bicyclic) bond motifs is 2. The molecule has 0 saturated carbocycles. The van der Waals surface area contributed by atoms with Crippen molar-refractivity contribution in [3.05, 3.63) is 101 Å². The van der Waals surface area contributed by atoms with E-state index in [9.17, 15) is 9.90 Å². The predicted molar refractivity (Wildman–Crippen MR) is 138 cm³/mol. The number of para-hydroxylation sites is 1. The van der Waals surface area contributed by atoms with E-state index in [0.29, 0.717) is 22.7 Å². The molecule has 174 valence electrons. The monoisotopic (exact) mass is 503 g/mol. The Balaban J connectivity index is 1.42. The van der Waals surface area contributed by atoms with Gasteiger partial charge in [-0.1, -0.05) is 83.9 Å². The summed E-state index contributed by atoms with van der Waals surface area (Å²) in [6, 6.07) is 26.3. The highest BCUT2D eigenvalue weighted by atomic mass is 35.5. The second-order valence-electron chi connectivity index (χ2n) is 7.87. The first-order chi connectivity index (χ1) is 17.0. The van der Waals surface area contributed by atoms with E-state index in [2.05, 4.69) is 28.4 Å². The topological polar surface area (TPSA) is 76.2 Å². The van der Waals surface area contributed by atoms with Gasteiger partial charge in [-0.05, 0) is 40.6 Å². The number of halogens is 2. The van der Waals surface area contributed by atoms with Gasteiger partial charge in [0.15, 0.2) is 12.3 Å². The van der Waals surface area contributed by atoms with Gasteiger partial charge in [-0.3, -0.25) is 4.79 Å².